The molecule has 0 unspecified atom stereocenters. The quantitative estimate of drug-likeness (QED) is 0.652. The third-order valence-corrected chi connectivity index (χ3v) is 5.15. The first-order valence-electron chi connectivity index (χ1n) is 9.24. The van der Waals surface area contributed by atoms with Gasteiger partial charge in [-0.3, -0.25) is 14.3 Å². The van der Waals surface area contributed by atoms with E-state index in [1.54, 1.807) is 0 Å². The molecule has 2 aliphatic rings. The second-order valence-electron chi connectivity index (χ2n) is 7.19. The third kappa shape index (κ3) is 3.84. The summed E-state index contributed by atoms with van der Waals surface area (Å²) in [6.45, 7) is -0.422. The van der Waals surface area contributed by atoms with Crippen molar-refractivity contribution >= 4 is 12.2 Å². The minimum atomic E-state index is -4.61. The molecule has 0 amide bonds. The normalized spacial score (nSPS) is 24.7. The molecule has 3 heterocycles. The van der Waals surface area contributed by atoms with Gasteiger partial charge in [-0.1, -0.05) is 30.3 Å². The van der Waals surface area contributed by atoms with Gasteiger partial charge in [0, 0.05) is 18.2 Å². The van der Waals surface area contributed by atoms with Crippen molar-refractivity contribution in [3.05, 3.63) is 68.0 Å². The Bertz CT molecular complexity index is 1150. The van der Waals surface area contributed by atoms with Crippen molar-refractivity contribution in [1.82, 2.24) is 9.55 Å². The van der Waals surface area contributed by atoms with E-state index >= 15 is 0 Å². The first-order valence-corrected chi connectivity index (χ1v) is 9.24. The molecule has 164 valence electrons. The summed E-state index contributed by atoms with van der Waals surface area (Å²) in [7, 11) is 0. The van der Waals surface area contributed by atoms with Crippen molar-refractivity contribution in [1.29, 1.82) is 0 Å². The molecule has 3 N–H and O–H groups in total. The summed E-state index contributed by atoms with van der Waals surface area (Å²) in [5.41, 5.74) is -3.42. The van der Waals surface area contributed by atoms with E-state index in [0.717, 1.165) is 4.57 Å². The van der Waals surface area contributed by atoms with Gasteiger partial charge < -0.3 is 14.9 Å². The topological polar surface area (TPSA) is 129 Å². The molecule has 12 heteroatoms. The van der Waals surface area contributed by atoms with Crippen molar-refractivity contribution in [3.63, 3.8) is 0 Å². The second kappa shape index (κ2) is 7.55. The van der Waals surface area contributed by atoms with E-state index in [9.17, 15) is 33.0 Å². The fourth-order valence-corrected chi connectivity index (χ4v) is 3.34. The molecule has 0 bridgehead atoms. The van der Waals surface area contributed by atoms with Crippen LogP contribution < -0.4 is 11.2 Å². The van der Waals surface area contributed by atoms with Crippen LogP contribution in [-0.2, 0) is 10.4 Å². The Labute approximate surface area is 172 Å². The predicted octanol–water partition coefficient (Wildman–Crippen LogP) is 1.53. The molecule has 9 nitrogen and oxygen atoms in total. The van der Waals surface area contributed by atoms with Crippen molar-refractivity contribution in [2.45, 2.75) is 36.7 Å². The molecule has 1 saturated heterocycles. The first-order chi connectivity index (χ1) is 14.6. The number of aromatic nitrogens is 2. The first kappa shape index (κ1) is 21.2. The predicted molar refractivity (Wildman–Crippen MR) is 101 cm³/mol. The van der Waals surface area contributed by atoms with E-state index in [1.165, 1.54) is 42.6 Å². The van der Waals surface area contributed by atoms with Crippen molar-refractivity contribution in [2.24, 2.45) is 10.2 Å². The lowest BCUT2D eigenvalue weighted by molar-refractivity contribution is -0.166. The minimum Gasteiger partial charge on any atom is -0.394 e. The molecule has 0 radical (unpaired) electrons. The summed E-state index contributed by atoms with van der Waals surface area (Å²) in [4.78, 5) is 26.4. The molecule has 1 aromatic heterocycles. The maximum atomic E-state index is 13.1. The largest absolute Gasteiger partial charge is 0.442 e. The zero-order valence-electron chi connectivity index (χ0n) is 15.8. The Morgan fingerprint density at radius 1 is 1.23 bits per heavy atom. The molecule has 0 saturated carbocycles. The van der Waals surface area contributed by atoms with Crippen LogP contribution in [0.4, 0.5) is 13.2 Å². The monoisotopic (exact) mass is 438 g/mol. The Morgan fingerprint density at radius 3 is 2.45 bits per heavy atom. The van der Waals surface area contributed by atoms with Crippen LogP contribution in [0.15, 0.2) is 50.3 Å². The Hall–Kier alpha value is -3.09. The van der Waals surface area contributed by atoms with Crippen LogP contribution in [-0.4, -0.2) is 44.8 Å². The summed E-state index contributed by atoms with van der Waals surface area (Å²) >= 11 is 0. The number of aliphatic hydroxyl groups is 2. The molecular weight excluding hydrogens is 421 g/mol. The van der Waals surface area contributed by atoms with E-state index < -0.39 is 48.1 Å². The molecule has 2 aromatic rings. The summed E-state index contributed by atoms with van der Waals surface area (Å²) in [6.07, 6.45) is -3.09. The highest BCUT2D eigenvalue weighted by atomic mass is 19.4. The van der Waals surface area contributed by atoms with Crippen LogP contribution in [0, 0.1) is 0 Å². The molecule has 31 heavy (non-hydrogen) atoms. The highest BCUT2D eigenvalue weighted by Crippen LogP contribution is 2.52. The van der Waals surface area contributed by atoms with Crippen molar-refractivity contribution in [2.75, 3.05) is 6.61 Å². The molecule has 0 aliphatic carbocycles. The fraction of sp³-hybridized carbons (Fsp3) is 0.368. The van der Waals surface area contributed by atoms with E-state index in [2.05, 4.69) is 15.2 Å². The van der Waals surface area contributed by atoms with Gasteiger partial charge in [0.25, 0.3) is 5.56 Å². The van der Waals surface area contributed by atoms with Crippen LogP contribution in [0.3, 0.4) is 0 Å². The summed E-state index contributed by atoms with van der Waals surface area (Å²) in [6, 6.07) is 5.35. The van der Waals surface area contributed by atoms with Gasteiger partial charge in [-0.25, -0.2) is 4.79 Å². The maximum absolute atomic E-state index is 13.1. The number of aliphatic hydroxyl groups excluding tert-OH is 2. The summed E-state index contributed by atoms with van der Waals surface area (Å²) in [5, 5.41) is 25.3. The number of alkyl halides is 3. The third-order valence-electron chi connectivity index (χ3n) is 5.15. The minimum absolute atomic E-state index is 0.0544. The van der Waals surface area contributed by atoms with Gasteiger partial charge in [-0.05, 0) is 11.6 Å². The molecule has 3 atom stereocenters. The summed E-state index contributed by atoms with van der Waals surface area (Å²) < 4.78 is 45.7. The molecule has 1 aromatic carbocycles. The number of benzene rings is 1. The lowest BCUT2D eigenvalue weighted by Crippen LogP contribution is -2.33. The van der Waals surface area contributed by atoms with Crippen LogP contribution in [0.2, 0.25) is 0 Å². The number of H-pyrrole nitrogens is 1. The lowest BCUT2D eigenvalue weighted by Gasteiger charge is -2.15. The second-order valence-corrected chi connectivity index (χ2v) is 7.19. The van der Waals surface area contributed by atoms with Gasteiger partial charge in [-0.2, -0.15) is 13.2 Å². The van der Waals surface area contributed by atoms with E-state index in [-0.39, 0.29) is 17.5 Å². The smallest absolute Gasteiger partial charge is 0.394 e. The van der Waals surface area contributed by atoms with Gasteiger partial charge in [0.2, 0.25) is 0 Å². The molecule has 4 rings (SSSR count). The van der Waals surface area contributed by atoms with E-state index in [1.807, 2.05) is 0 Å². The number of nitrogens with one attached hydrogen (secondary N) is 1. The number of nitrogens with zero attached hydrogens (tertiary/aromatic N) is 3. The SMILES string of the molecule is O=c1[nH]c(=O)n([C@H]2C[C@H](O)[C@@H](CO)O2)cc1/C=C/c1ccc(C2(C(F)(F)F)N=N2)cc1. The molecule has 0 spiro atoms. The van der Waals surface area contributed by atoms with Gasteiger partial charge in [-0.15, -0.1) is 10.2 Å². The Kier molecular flexibility index (Phi) is 5.15. The standard InChI is InChI=1S/C19H17F3N4O5/c20-19(21,22)18(24-25-18)12-5-2-10(3-6-12)1-4-11-8-26(17(30)23-16(11)29)15-7-13(28)14(9-27)31-15/h1-6,8,13-15,27-28H,7,9H2,(H,23,29,30)/b4-1+/t13-,14+,15+/m0/s1. The van der Waals surface area contributed by atoms with Gasteiger partial charge in [0.15, 0.2) is 0 Å². The van der Waals surface area contributed by atoms with Gasteiger partial charge in [0.1, 0.15) is 12.3 Å². The van der Waals surface area contributed by atoms with Gasteiger partial charge >= 0.3 is 17.5 Å². The zero-order valence-corrected chi connectivity index (χ0v) is 15.8. The van der Waals surface area contributed by atoms with Crippen LogP contribution in [0.5, 0.6) is 0 Å². The van der Waals surface area contributed by atoms with Crippen LogP contribution in [0.25, 0.3) is 12.2 Å². The Balaban J connectivity index is 1.56. The summed E-state index contributed by atoms with van der Waals surface area (Å²) in [5.74, 6) is 0. The number of hydrogen-bond acceptors (Lipinski definition) is 7. The maximum Gasteiger partial charge on any atom is 0.442 e. The number of rotatable bonds is 5. The molecule has 2 aliphatic heterocycles. The zero-order chi connectivity index (χ0) is 22.4. The molecular formula is C19H17F3N4O5. The van der Waals surface area contributed by atoms with Crippen LogP contribution in [0.1, 0.15) is 29.3 Å². The van der Waals surface area contributed by atoms with Crippen molar-refractivity contribution in [3.8, 4) is 0 Å². The lowest BCUT2D eigenvalue weighted by atomic mass is 10.0. The number of halogens is 3. The molecule has 1 fully saturated rings. The van der Waals surface area contributed by atoms with Crippen LogP contribution >= 0.6 is 0 Å². The fourth-order valence-electron chi connectivity index (χ4n) is 3.34. The highest BCUT2D eigenvalue weighted by Gasteiger charge is 2.65. The highest BCUT2D eigenvalue weighted by molar-refractivity contribution is 5.69. The van der Waals surface area contributed by atoms with Gasteiger partial charge in [0.05, 0.1) is 18.3 Å². The number of ether oxygens (including phenoxy) is 1. The van der Waals surface area contributed by atoms with E-state index in [4.69, 9.17) is 4.74 Å². The average Bonchev–Trinajstić information content (AvgIpc) is 3.46. The average molecular weight is 438 g/mol. The number of hydrogen-bond donors (Lipinski definition) is 3. The van der Waals surface area contributed by atoms with E-state index in [0.29, 0.717) is 5.56 Å². The number of aromatic amines is 1. The Morgan fingerprint density at radius 2 is 1.90 bits per heavy atom. The van der Waals surface area contributed by atoms with Crippen molar-refractivity contribution < 1.29 is 28.1 Å².